The van der Waals surface area contributed by atoms with Crippen LogP contribution in [0.2, 0.25) is 0 Å². The van der Waals surface area contributed by atoms with Gasteiger partial charge in [0.05, 0.1) is 11.7 Å². The highest BCUT2D eigenvalue weighted by atomic mass is 16.5. The second-order valence-electron chi connectivity index (χ2n) is 10.8. The fourth-order valence-corrected chi connectivity index (χ4v) is 6.08. The first-order valence-electron chi connectivity index (χ1n) is 13.4. The first-order chi connectivity index (χ1) is 18.7. The molecule has 9 heteroatoms. The summed E-state index contributed by atoms with van der Waals surface area (Å²) in [6, 6.07) is 16.5. The monoisotopic (exact) mass is 509 g/mol. The number of ether oxygens (including phenoxy) is 1. The van der Waals surface area contributed by atoms with E-state index in [2.05, 4.69) is 53.1 Å². The molecule has 5 heterocycles. The molecule has 2 aromatic heterocycles. The van der Waals surface area contributed by atoms with E-state index in [-0.39, 0.29) is 17.8 Å². The quantitative estimate of drug-likeness (QED) is 0.426. The first-order valence-corrected chi connectivity index (χ1v) is 13.4. The fourth-order valence-electron chi connectivity index (χ4n) is 6.08. The Morgan fingerprint density at radius 1 is 1.13 bits per heavy atom. The van der Waals surface area contributed by atoms with Gasteiger partial charge in [0, 0.05) is 56.2 Å². The number of anilines is 1. The minimum Gasteiger partial charge on any atom is -0.381 e. The molecule has 2 N–H and O–H groups in total. The van der Waals surface area contributed by atoms with Gasteiger partial charge in [-0.1, -0.05) is 36.4 Å². The molecule has 9 nitrogen and oxygen atoms in total. The van der Waals surface area contributed by atoms with Crippen LogP contribution < -0.4 is 10.2 Å². The SMILES string of the molecule is O=C(NC1CCc2ccc(N3CC4(CCOCC4)C3)cc2-n2ccnc21)c1n[nH]c(Cc2ccccc2)n1. The molecular weight excluding hydrogens is 478 g/mol. The van der Waals surface area contributed by atoms with Crippen molar-refractivity contribution >= 4 is 11.6 Å². The largest absolute Gasteiger partial charge is 0.381 e. The molecule has 1 spiro atoms. The highest BCUT2D eigenvalue weighted by Gasteiger charge is 2.44. The van der Waals surface area contributed by atoms with Crippen molar-refractivity contribution in [2.24, 2.45) is 5.41 Å². The molecule has 0 aliphatic carbocycles. The van der Waals surface area contributed by atoms with Gasteiger partial charge in [0.1, 0.15) is 11.6 Å². The Morgan fingerprint density at radius 3 is 2.82 bits per heavy atom. The standard InChI is InChI=1S/C29H31N7O2/c37-28(26-32-25(33-34-26)16-20-4-2-1-3-5-20)31-23-9-7-21-6-8-22(17-24(21)36-13-12-30-27(23)36)35-18-29(19-35)10-14-38-15-11-29/h1-6,8,12-13,17,23H,7,9-11,14-16,18-19H2,(H,31,37)(H,32,33,34). The topological polar surface area (TPSA) is 101 Å². The molecular formula is C29H31N7O2. The van der Waals surface area contributed by atoms with Crippen molar-refractivity contribution in [2.75, 3.05) is 31.2 Å². The molecule has 0 radical (unpaired) electrons. The van der Waals surface area contributed by atoms with Gasteiger partial charge in [-0.2, -0.15) is 0 Å². The van der Waals surface area contributed by atoms with E-state index in [1.54, 1.807) is 0 Å². The molecule has 3 aliphatic rings. The average molecular weight is 510 g/mol. The van der Waals surface area contributed by atoms with E-state index >= 15 is 0 Å². The lowest BCUT2D eigenvalue weighted by Gasteiger charge is -2.53. The number of aromatic amines is 1. The number of hydrogen-bond donors (Lipinski definition) is 2. The molecule has 2 saturated heterocycles. The number of aromatic nitrogens is 5. The number of rotatable bonds is 5. The third-order valence-electron chi connectivity index (χ3n) is 8.24. The highest BCUT2D eigenvalue weighted by Crippen LogP contribution is 2.43. The number of nitrogens with zero attached hydrogens (tertiary/aromatic N) is 5. The van der Waals surface area contributed by atoms with Crippen LogP contribution >= 0.6 is 0 Å². The summed E-state index contributed by atoms with van der Waals surface area (Å²) in [5, 5.41) is 10.2. The van der Waals surface area contributed by atoms with Crippen molar-refractivity contribution in [2.45, 2.75) is 38.1 Å². The minimum atomic E-state index is -0.297. The van der Waals surface area contributed by atoms with Gasteiger partial charge >= 0.3 is 0 Å². The predicted octanol–water partition coefficient (Wildman–Crippen LogP) is 3.62. The maximum absolute atomic E-state index is 13.1. The lowest BCUT2D eigenvalue weighted by atomic mass is 9.73. The molecule has 1 atom stereocenters. The number of benzene rings is 2. The van der Waals surface area contributed by atoms with E-state index in [0.717, 1.165) is 69.1 Å². The summed E-state index contributed by atoms with van der Waals surface area (Å²) in [6.45, 7) is 3.94. The number of carbonyl (C=O) groups is 1. The molecule has 0 saturated carbocycles. The zero-order valence-electron chi connectivity index (χ0n) is 21.3. The Balaban J connectivity index is 1.07. The zero-order valence-corrected chi connectivity index (χ0v) is 21.3. The molecule has 0 bridgehead atoms. The molecule has 1 unspecified atom stereocenters. The van der Waals surface area contributed by atoms with E-state index in [9.17, 15) is 4.79 Å². The number of H-pyrrole nitrogens is 1. The molecule has 4 aromatic rings. The van der Waals surface area contributed by atoms with Crippen molar-refractivity contribution < 1.29 is 9.53 Å². The van der Waals surface area contributed by atoms with Crippen molar-refractivity contribution in [3.05, 3.63) is 89.5 Å². The van der Waals surface area contributed by atoms with Gasteiger partial charge < -0.3 is 19.5 Å². The van der Waals surface area contributed by atoms with Crippen LogP contribution in [-0.2, 0) is 17.6 Å². The average Bonchev–Trinajstić information content (AvgIpc) is 3.58. The molecule has 2 aromatic carbocycles. The van der Waals surface area contributed by atoms with Gasteiger partial charge in [-0.05, 0) is 48.9 Å². The first kappa shape index (κ1) is 23.2. The normalized spacial score (nSPS) is 19.8. The summed E-state index contributed by atoms with van der Waals surface area (Å²) in [4.78, 5) is 24.7. The highest BCUT2D eigenvalue weighted by molar-refractivity contribution is 5.90. The lowest BCUT2D eigenvalue weighted by Crippen LogP contribution is -2.58. The number of imidazole rings is 1. The Bertz CT molecular complexity index is 1450. The summed E-state index contributed by atoms with van der Waals surface area (Å²) < 4.78 is 7.71. The second kappa shape index (κ2) is 9.40. The summed E-state index contributed by atoms with van der Waals surface area (Å²) in [7, 11) is 0. The van der Waals surface area contributed by atoms with Gasteiger partial charge in [-0.15, -0.1) is 5.10 Å². The number of hydrogen-bond acceptors (Lipinski definition) is 6. The lowest BCUT2D eigenvalue weighted by molar-refractivity contribution is -0.000193. The van der Waals surface area contributed by atoms with Crippen LogP contribution in [0.5, 0.6) is 0 Å². The number of aryl methyl sites for hydroxylation is 1. The zero-order chi connectivity index (χ0) is 25.5. The van der Waals surface area contributed by atoms with E-state index in [1.807, 2.05) is 42.7 Å². The predicted molar refractivity (Wildman–Crippen MR) is 142 cm³/mol. The summed E-state index contributed by atoms with van der Waals surface area (Å²) in [5.41, 5.74) is 5.17. The van der Waals surface area contributed by atoms with Crippen LogP contribution in [-0.4, -0.2) is 56.9 Å². The second-order valence-corrected chi connectivity index (χ2v) is 10.8. The van der Waals surface area contributed by atoms with Gasteiger partial charge in [-0.25, -0.2) is 9.97 Å². The molecule has 2 fully saturated rings. The summed E-state index contributed by atoms with van der Waals surface area (Å²) in [5.74, 6) is 1.35. The minimum absolute atomic E-state index is 0.151. The molecule has 1 amide bonds. The van der Waals surface area contributed by atoms with Crippen molar-refractivity contribution in [1.29, 1.82) is 0 Å². The van der Waals surface area contributed by atoms with Crippen molar-refractivity contribution in [3.8, 4) is 5.69 Å². The van der Waals surface area contributed by atoms with Crippen LogP contribution in [0, 0.1) is 5.41 Å². The summed E-state index contributed by atoms with van der Waals surface area (Å²) >= 11 is 0. The van der Waals surface area contributed by atoms with Crippen LogP contribution in [0.1, 0.15) is 58.7 Å². The van der Waals surface area contributed by atoms with Gasteiger partial charge in [0.25, 0.3) is 5.91 Å². The molecule has 194 valence electrons. The smallest absolute Gasteiger partial charge is 0.291 e. The summed E-state index contributed by atoms with van der Waals surface area (Å²) in [6.07, 6.45) is 8.30. The molecule has 7 rings (SSSR count). The van der Waals surface area contributed by atoms with Crippen LogP contribution in [0.4, 0.5) is 5.69 Å². The van der Waals surface area contributed by atoms with E-state index in [1.165, 1.54) is 11.3 Å². The number of carbonyl (C=O) groups excluding carboxylic acids is 1. The maximum atomic E-state index is 13.1. The Labute approximate surface area is 221 Å². The van der Waals surface area contributed by atoms with Gasteiger partial charge in [0.15, 0.2) is 0 Å². The van der Waals surface area contributed by atoms with Crippen LogP contribution in [0.3, 0.4) is 0 Å². The Kier molecular flexibility index (Phi) is 5.73. The van der Waals surface area contributed by atoms with E-state index in [4.69, 9.17) is 4.74 Å². The van der Waals surface area contributed by atoms with Crippen LogP contribution in [0.25, 0.3) is 5.69 Å². The number of amides is 1. The fraction of sp³-hybridized carbons (Fsp3) is 0.379. The van der Waals surface area contributed by atoms with Gasteiger partial charge in [0.2, 0.25) is 5.82 Å². The maximum Gasteiger partial charge on any atom is 0.291 e. The Morgan fingerprint density at radius 2 is 1.97 bits per heavy atom. The van der Waals surface area contributed by atoms with Crippen LogP contribution in [0.15, 0.2) is 60.9 Å². The van der Waals surface area contributed by atoms with E-state index in [0.29, 0.717) is 17.7 Å². The van der Waals surface area contributed by atoms with Crippen molar-refractivity contribution in [3.63, 3.8) is 0 Å². The number of nitrogens with one attached hydrogen (secondary N) is 2. The van der Waals surface area contributed by atoms with E-state index < -0.39 is 0 Å². The van der Waals surface area contributed by atoms with Crippen molar-refractivity contribution in [1.82, 2.24) is 30.0 Å². The third kappa shape index (κ3) is 4.26. The molecule has 3 aliphatic heterocycles. The van der Waals surface area contributed by atoms with Gasteiger partial charge in [-0.3, -0.25) is 9.89 Å². The number of fused-ring (bicyclic) bond motifs is 3. The third-order valence-corrected chi connectivity index (χ3v) is 8.24. The Hall–Kier alpha value is -3.98. The molecule has 38 heavy (non-hydrogen) atoms.